The van der Waals surface area contributed by atoms with Crippen LogP contribution >= 0.6 is 34.8 Å². The molecule has 4 unspecified atom stereocenters. The first-order valence-electron chi connectivity index (χ1n) is 9.86. The van der Waals surface area contributed by atoms with E-state index in [2.05, 4.69) is 26.6 Å². The zero-order valence-electron chi connectivity index (χ0n) is 16.8. The molecule has 168 valence electrons. The van der Waals surface area contributed by atoms with Crippen molar-refractivity contribution in [3.05, 3.63) is 57.0 Å². The molecule has 0 aliphatic carbocycles. The molecule has 2 fully saturated rings. The lowest BCUT2D eigenvalue weighted by molar-refractivity contribution is -0.144. The van der Waals surface area contributed by atoms with E-state index < -0.39 is 30.2 Å². The molecule has 0 bridgehead atoms. The molecule has 8 nitrogen and oxygen atoms in total. The summed E-state index contributed by atoms with van der Waals surface area (Å²) in [5.41, 5.74) is 1.78. The van der Waals surface area contributed by atoms with Gasteiger partial charge in [0, 0.05) is 22.2 Å². The van der Waals surface area contributed by atoms with Crippen molar-refractivity contribution in [3.63, 3.8) is 0 Å². The third-order valence-electron chi connectivity index (χ3n) is 5.54. The van der Waals surface area contributed by atoms with Crippen LogP contribution in [-0.2, 0) is 14.4 Å². The zero-order valence-corrected chi connectivity index (χ0v) is 19.1. The van der Waals surface area contributed by atoms with Gasteiger partial charge in [0.15, 0.2) is 6.29 Å². The average molecular weight is 497 g/mol. The first kappa shape index (κ1) is 22.7. The fraction of sp³-hybridized carbons (Fsp3) is 0.286. The quantitative estimate of drug-likeness (QED) is 0.447. The number of anilines is 2. The lowest BCUT2D eigenvalue weighted by Crippen LogP contribution is -2.72. The molecule has 0 aromatic heterocycles. The van der Waals surface area contributed by atoms with Gasteiger partial charge in [-0.15, -0.1) is 0 Å². The van der Waals surface area contributed by atoms with Crippen molar-refractivity contribution in [2.24, 2.45) is 11.8 Å². The molecule has 2 heterocycles. The van der Waals surface area contributed by atoms with Crippen molar-refractivity contribution in [2.45, 2.75) is 25.8 Å². The molecule has 11 heteroatoms. The summed E-state index contributed by atoms with van der Waals surface area (Å²) in [5, 5.41) is 15.9. The number of fused-ring (bicyclic) bond motifs is 1. The van der Waals surface area contributed by atoms with E-state index in [9.17, 15) is 14.4 Å². The van der Waals surface area contributed by atoms with Crippen LogP contribution in [0.5, 0.6) is 0 Å². The van der Waals surface area contributed by atoms with Crippen molar-refractivity contribution < 1.29 is 14.4 Å². The molecule has 4 rings (SSSR count). The second-order valence-corrected chi connectivity index (χ2v) is 8.91. The summed E-state index contributed by atoms with van der Waals surface area (Å²) in [6.45, 7) is 1.78. The Morgan fingerprint density at radius 3 is 2.56 bits per heavy atom. The van der Waals surface area contributed by atoms with Crippen molar-refractivity contribution in [1.82, 2.24) is 16.0 Å². The molecule has 0 spiro atoms. The third kappa shape index (κ3) is 4.63. The molecule has 2 aromatic carbocycles. The van der Waals surface area contributed by atoms with Gasteiger partial charge in [-0.05, 0) is 42.8 Å². The molecule has 2 saturated heterocycles. The second kappa shape index (κ2) is 9.15. The number of amides is 3. The molecule has 2 aliphatic heterocycles. The Morgan fingerprint density at radius 1 is 1.03 bits per heavy atom. The molecule has 32 heavy (non-hydrogen) atoms. The van der Waals surface area contributed by atoms with Crippen LogP contribution in [0.1, 0.15) is 12.0 Å². The van der Waals surface area contributed by atoms with E-state index in [1.807, 2.05) is 0 Å². The Hall–Kier alpha value is -2.52. The van der Waals surface area contributed by atoms with Gasteiger partial charge in [-0.3, -0.25) is 19.7 Å². The predicted molar refractivity (Wildman–Crippen MR) is 123 cm³/mol. The van der Waals surface area contributed by atoms with Crippen LogP contribution in [0.2, 0.25) is 15.1 Å². The number of benzene rings is 2. The van der Waals surface area contributed by atoms with Crippen molar-refractivity contribution in [3.8, 4) is 0 Å². The Morgan fingerprint density at radius 2 is 1.81 bits per heavy atom. The highest BCUT2D eigenvalue weighted by Gasteiger charge is 2.48. The van der Waals surface area contributed by atoms with Gasteiger partial charge >= 0.3 is 0 Å². The van der Waals surface area contributed by atoms with E-state index in [-0.39, 0.29) is 18.2 Å². The molecule has 4 atom stereocenters. The van der Waals surface area contributed by atoms with Gasteiger partial charge in [-0.2, -0.15) is 0 Å². The minimum atomic E-state index is -0.861. The summed E-state index contributed by atoms with van der Waals surface area (Å²) in [6.07, 6.45) is -1.58. The highest BCUT2D eigenvalue weighted by molar-refractivity contribution is 6.36. The fourth-order valence-electron chi connectivity index (χ4n) is 3.88. The van der Waals surface area contributed by atoms with Crippen LogP contribution in [0.3, 0.4) is 0 Å². The first-order chi connectivity index (χ1) is 15.2. The summed E-state index contributed by atoms with van der Waals surface area (Å²) in [5.74, 6) is -2.80. The SMILES string of the molecule is Cc1c(Cl)cccc1NC(=O)C1CC(=O)NC2NC(Nc3ccc(Cl)cc3Cl)NC(=O)C21. The summed E-state index contributed by atoms with van der Waals surface area (Å²) < 4.78 is 0. The van der Waals surface area contributed by atoms with Gasteiger partial charge in [0.25, 0.3) is 0 Å². The Bertz CT molecular complexity index is 1100. The van der Waals surface area contributed by atoms with Gasteiger partial charge in [0.1, 0.15) is 0 Å². The number of piperidine rings is 1. The van der Waals surface area contributed by atoms with Crippen LogP contribution in [0, 0.1) is 18.8 Å². The van der Waals surface area contributed by atoms with E-state index in [4.69, 9.17) is 34.8 Å². The van der Waals surface area contributed by atoms with Crippen molar-refractivity contribution >= 4 is 63.9 Å². The van der Waals surface area contributed by atoms with E-state index in [1.54, 1.807) is 43.3 Å². The number of rotatable bonds is 4. The summed E-state index contributed by atoms with van der Waals surface area (Å²) in [7, 11) is 0. The van der Waals surface area contributed by atoms with Crippen LogP contribution in [0.15, 0.2) is 36.4 Å². The number of halogens is 3. The second-order valence-electron chi connectivity index (χ2n) is 7.66. The monoisotopic (exact) mass is 495 g/mol. The topological polar surface area (TPSA) is 111 Å². The zero-order chi connectivity index (χ0) is 23.0. The summed E-state index contributed by atoms with van der Waals surface area (Å²) in [6, 6.07) is 10.1. The predicted octanol–water partition coefficient (Wildman–Crippen LogP) is 3.09. The lowest BCUT2D eigenvalue weighted by Gasteiger charge is -2.43. The van der Waals surface area contributed by atoms with Gasteiger partial charge in [-0.1, -0.05) is 40.9 Å². The number of carbonyl (C=O) groups is 3. The molecule has 0 radical (unpaired) electrons. The molecular weight excluding hydrogens is 477 g/mol. The van der Waals surface area contributed by atoms with Crippen LogP contribution in [0.4, 0.5) is 11.4 Å². The Labute approximate surface area is 199 Å². The summed E-state index contributed by atoms with van der Waals surface area (Å²) >= 11 is 18.2. The highest BCUT2D eigenvalue weighted by atomic mass is 35.5. The number of nitrogens with one attached hydrogen (secondary N) is 5. The van der Waals surface area contributed by atoms with E-state index in [1.165, 1.54) is 0 Å². The van der Waals surface area contributed by atoms with Gasteiger partial charge in [-0.25, -0.2) is 0 Å². The van der Waals surface area contributed by atoms with E-state index in [0.29, 0.717) is 32.0 Å². The van der Waals surface area contributed by atoms with E-state index in [0.717, 1.165) is 0 Å². The number of carbonyl (C=O) groups excluding carboxylic acids is 3. The standard InChI is InChI=1S/C21H20Cl3N5O3/c1-9-12(23)3-2-4-14(9)25-19(31)11-8-16(30)27-18-17(11)20(32)29-21(28-18)26-15-6-5-10(22)7-13(15)24/h2-7,11,17-18,21,26,28H,8H2,1H3,(H,25,31)(H,27,30)(H,29,32). The maximum absolute atomic E-state index is 13.0. The molecule has 0 saturated carbocycles. The van der Waals surface area contributed by atoms with Gasteiger partial charge in [0.2, 0.25) is 17.7 Å². The molecule has 3 amide bonds. The minimum absolute atomic E-state index is 0.108. The minimum Gasteiger partial charge on any atom is -0.352 e. The average Bonchev–Trinajstić information content (AvgIpc) is 2.72. The first-order valence-corrected chi connectivity index (χ1v) is 11.0. The number of hydrogen-bond acceptors (Lipinski definition) is 5. The smallest absolute Gasteiger partial charge is 0.229 e. The largest absolute Gasteiger partial charge is 0.352 e. The fourth-order valence-corrected chi connectivity index (χ4v) is 4.52. The summed E-state index contributed by atoms with van der Waals surface area (Å²) in [4.78, 5) is 38.3. The van der Waals surface area contributed by atoms with Gasteiger partial charge in [0.05, 0.1) is 28.7 Å². The molecule has 2 aromatic rings. The van der Waals surface area contributed by atoms with Crippen LogP contribution < -0.4 is 26.6 Å². The number of hydrogen-bond donors (Lipinski definition) is 5. The molecular formula is C21H20Cl3N5O3. The highest BCUT2D eigenvalue weighted by Crippen LogP contribution is 2.31. The normalized spacial score (nSPS) is 24.8. The Balaban J connectivity index is 1.51. The van der Waals surface area contributed by atoms with Crippen molar-refractivity contribution in [2.75, 3.05) is 10.6 Å². The van der Waals surface area contributed by atoms with Crippen molar-refractivity contribution in [1.29, 1.82) is 0 Å². The van der Waals surface area contributed by atoms with E-state index >= 15 is 0 Å². The van der Waals surface area contributed by atoms with Crippen LogP contribution in [0.25, 0.3) is 0 Å². The molecule has 2 aliphatic rings. The van der Waals surface area contributed by atoms with Crippen LogP contribution in [-0.4, -0.2) is 30.2 Å². The Kier molecular flexibility index (Phi) is 6.48. The van der Waals surface area contributed by atoms with Gasteiger partial charge < -0.3 is 21.3 Å². The maximum Gasteiger partial charge on any atom is 0.229 e. The molecule has 5 N–H and O–H groups in total. The third-order valence-corrected chi connectivity index (χ3v) is 6.50. The lowest BCUT2D eigenvalue weighted by atomic mass is 9.81. The maximum atomic E-state index is 13.0.